The number of carbonyl (C=O) groups is 1. The zero-order valence-electron chi connectivity index (χ0n) is 10.4. The maximum atomic E-state index is 11.6. The molecule has 0 atom stereocenters. The van der Waals surface area contributed by atoms with Crippen LogP contribution in [0.3, 0.4) is 0 Å². The quantitative estimate of drug-likeness (QED) is 0.797. The highest BCUT2D eigenvalue weighted by Gasteiger charge is 2.00. The smallest absolute Gasteiger partial charge is 0.314 e. The molecule has 92 valence electrons. The van der Waals surface area contributed by atoms with Crippen molar-refractivity contribution in [3.05, 3.63) is 36.0 Å². The second-order valence-electron chi connectivity index (χ2n) is 3.67. The first kappa shape index (κ1) is 13.6. The molecular weight excluding hydrogens is 232 g/mol. The van der Waals surface area contributed by atoms with Crippen LogP contribution < -0.4 is 10.6 Å². The minimum atomic E-state index is -0.212. The average Bonchev–Trinajstić information content (AvgIpc) is 2.36. The number of urea groups is 1. The molecular formula is C13H18N2OS. The molecule has 0 aromatic heterocycles. The van der Waals surface area contributed by atoms with Gasteiger partial charge in [-0.1, -0.05) is 18.6 Å². The second-order valence-corrected chi connectivity index (χ2v) is 4.55. The first-order chi connectivity index (χ1) is 8.15. The number of amides is 2. The molecule has 0 fully saturated rings. The van der Waals surface area contributed by atoms with Gasteiger partial charge in [-0.15, -0.1) is 11.8 Å². The van der Waals surface area contributed by atoms with Crippen LogP contribution >= 0.6 is 11.8 Å². The van der Waals surface area contributed by atoms with E-state index in [4.69, 9.17) is 0 Å². The van der Waals surface area contributed by atoms with E-state index < -0.39 is 0 Å². The van der Waals surface area contributed by atoms with Gasteiger partial charge >= 0.3 is 6.03 Å². The van der Waals surface area contributed by atoms with Gasteiger partial charge in [-0.25, -0.2) is 4.79 Å². The van der Waals surface area contributed by atoms with Gasteiger partial charge in [-0.3, -0.25) is 0 Å². The van der Waals surface area contributed by atoms with Crippen LogP contribution in [0, 0.1) is 0 Å². The molecule has 2 N–H and O–H groups in total. The third kappa shape index (κ3) is 4.95. The van der Waals surface area contributed by atoms with Crippen LogP contribution in [-0.4, -0.2) is 12.3 Å². The number of rotatable bonds is 4. The number of hydrogen-bond donors (Lipinski definition) is 2. The molecule has 0 spiro atoms. The van der Waals surface area contributed by atoms with Crippen molar-refractivity contribution in [1.29, 1.82) is 0 Å². The number of allylic oxidation sites excluding steroid dienone is 1. The monoisotopic (exact) mass is 250 g/mol. The van der Waals surface area contributed by atoms with E-state index in [1.807, 2.05) is 44.4 Å². The summed E-state index contributed by atoms with van der Waals surface area (Å²) in [6, 6.07) is 7.54. The maximum Gasteiger partial charge on any atom is 0.323 e. The summed E-state index contributed by atoms with van der Waals surface area (Å²) in [6.45, 7) is 4.03. The molecule has 0 unspecified atom stereocenters. The Labute approximate surface area is 107 Å². The molecule has 1 aromatic rings. The van der Waals surface area contributed by atoms with E-state index in [0.29, 0.717) is 0 Å². The Hall–Kier alpha value is -1.42. The fourth-order valence-corrected chi connectivity index (χ4v) is 1.62. The topological polar surface area (TPSA) is 41.1 Å². The molecule has 0 aliphatic rings. The van der Waals surface area contributed by atoms with Crippen molar-refractivity contribution in [3.8, 4) is 0 Å². The number of benzene rings is 1. The lowest BCUT2D eigenvalue weighted by Gasteiger charge is -2.06. The second kappa shape index (κ2) is 7.01. The molecule has 0 aliphatic carbocycles. The van der Waals surface area contributed by atoms with Crippen molar-refractivity contribution in [3.63, 3.8) is 0 Å². The van der Waals surface area contributed by atoms with Crippen molar-refractivity contribution < 1.29 is 4.79 Å². The van der Waals surface area contributed by atoms with Gasteiger partial charge in [-0.2, -0.15) is 0 Å². The lowest BCUT2D eigenvalue weighted by molar-refractivity contribution is 0.255. The van der Waals surface area contributed by atoms with Gasteiger partial charge in [0.25, 0.3) is 0 Å². The average molecular weight is 250 g/mol. The molecule has 0 radical (unpaired) electrons. The number of anilines is 1. The number of nitrogens with one attached hydrogen (secondary N) is 2. The highest BCUT2D eigenvalue weighted by Crippen LogP contribution is 2.18. The van der Waals surface area contributed by atoms with Crippen LogP contribution in [0.1, 0.15) is 20.3 Å². The molecule has 0 heterocycles. The fraction of sp³-hybridized carbons (Fsp3) is 0.308. The van der Waals surface area contributed by atoms with E-state index in [2.05, 4.69) is 10.6 Å². The first-order valence-corrected chi connectivity index (χ1v) is 6.75. The van der Waals surface area contributed by atoms with Crippen molar-refractivity contribution in [2.45, 2.75) is 25.2 Å². The summed E-state index contributed by atoms with van der Waals surface area (Å²) in [5.41, 5.74) is 1.94. The molecule has 4 heteroatoms. The summed E-state index contributed by atoms with van der Waals surface area (Å²) >= 11 is 1.65. The zero-order valence-corrected chi connectivity index (χ0v) is 11.2. The van der Waals surface area contributed by atoms with E-state index in [9.17, 15) is 4.79 Å². The Bertz CT molecular complexity index is 416. The predicted molar refractivity (Wildman–Crippen MR) is 74.4 cm³/mol. The zero-order chi connectivity index (χ0) is 12.7. The molecule has 0 aliphatic heterocycles. The van der Waals surface area contributed by atoms with Gasteiger partial charge in [0.15, 0.2) is 0 Å². The van der Waals surface area contributed by atoms with Gasteiger partial charge in [0.05, 0.1) is 0 Å². The summed E-state index contributed by atoms with van der Waals surface area (Å²) < 4.78 is 0. The van der Waals surface area contributed by atoms with Crippen LogP contribution in [0.15, 0.2) is 40.9 Å². The van der Waals surface area contributed by atoms with Gasteiger partial charge in [-0.05, 0) is 37.8 Å². The summed E-state index contributed by atoms with van der Waals surface area (Å²) in [4.78, 5) is 12.7. The molecule has 2 amide bonds. The standard InChI is InChI=1S/C13H18N2OS/c1-4-10(2)9-14-13(16)15-11-6-5-7-12(8-11)17-3/h5-9H,4H2,1-3H3,(H2,14,15,16)/b10-9+. The van der Waals surface area contributed by atoms with Crippen LogP contribution in [-0.2, 0) is 0 Å². The molecule has 0 saturated carbocycles. The Morgan fingerprint density at radius 1 is 1.47 bits per heavy atom. The summed E-state index contributed by atoms with van der Waals surface area (Å²) in [5.74, 6) is 0. The number of thioether (sulfide) groups is 1. The number of hydrogen-bond acceptors (Lipinski definition) is 2. The van der Waals surface area contributed by atoms with Crippen LogP contribution in [0.2, 0.25) is 0 Å². The molecule has 3 nitrogen and oxygen atoms in total. The normalized spacial score (nSPS) is 11.1. The molecule has 17 heavy (non-hydrogen) atoms. The highest BCUT2D eigenvalue weighted by atomic mass is 32.2. The Kier molecular flexibility index (Phi) is 5.63. The van der Waals surface area contributed by atoms with E-state index in [1.54, 1.807) is 18.0 Å². The SMILES string of the molecule is CC/C(C)=C/NC(=O)Nc1cccc(SC)c1. The predicted octanol–water partition coefficient (Wildman–Crippen LogP) is 3.84. The van der Waals surface area contributed by atoms with Crippen molar-refractivity contribution in [2.75, 3.05) is 11.6 Å². The van der Waals surface area contributed by atoms with Crippen LogP contribution in [0.5, 0.6) is 0 Å². The van der Waals surface area contributed by atoms with Gasteiger partial charge in [0, 0.05) is 16.8 Å². The third-order valence-electron chi connectivity index (χ3n) is 2.33. The summed E-state index contributed by atoms with van der Waals surface area (Å²) in [6.07, 6.45) is 4.67. The Morgan fingerprint density at radius 2 is 2.24 bits per heavy atom. The van der Waals surface area contributed by atoms with Gasteiger partial charge < -0.3 is 10.6 Å². The lowest BCUT2D eigenvalue weighted by atomic mass is 10.3. The highest BCUT2D eigenvalue weighted by molar-refractivity contribution is 7.98. The van der Waals surface area contributed by atoms with E-state index in [-0.39, 0.29) is 6.03 Å². The van der Waals surface area contributed by atoms with E-state index in [1.165, 1.54) is 0 Å². The minimum absolute atomic E-state index is 0.212. The minimum Gasteiger partial charge on any atom is -0.314 e. The van der Waals surface area contributed by atoms with Crippen LogP contribution in [0.4, 0.5) is 10.5 Å². The van der Waals surface area contributed by atoms with Gasteiger partial charge in [0.2, 0.25) is 0 Å². The molecule has 1 aromatic carbocycles. The summed E-state index contributed by atoms with van der Waals surface area (Å²) in [5, 5.41) is 5.49. The Balaban J connectivity index is 2.56. The molecule has 1 rings (SSSR count). The van der Waals surface area contributed by atoms with E-state index >= 15 is 0 Å². The van der Waals surface area contributed by atoms with Crippen molar-refractivity contribution in [2.24, 2.45) is 0 Å². The maximum absolute atomic E-state index is 11.6. The van der Waals surface area contributed by atoms with Crippen LogP contribution in [0.25, 0.3) is 0 Å². The summed E-state index contributed by atoms with van der Waals surface area (Å²) in [7, 11) is 0. The molecule has 0 saturated heterocycles. The van der Waals surface area contributed by atoms with Crippen molar-refractivity contribution in [1.82, 2.24) is 5.32 Å². The lowest BCUT2D eigenvalue weighted by Crippen LogP contribution is -2.24. The van der Waals surface area contributed by atoms with Crippen molar-refractivity contribution >= 4 is 23.5 Å². The fourth-order valence-electron chi connectivity index (χ4n) is 1.16. The van der Waals surface area contributed by atoms with Gasteiger partial charge in [0.1, 0.15) is 0 Å². The third-order valence-corrected chi connectivity index (χ3v) is 3.06. The largest absolute Gasteiger partial charge is 0.323 e. The number of carbonyl (C=O) groups excluding carboxylic acids is 1. The van der Waals surface area contributed by atoms with E-state index in [0.717, 1.165) is 22.6 Å². The first-order valence-electron chi connectivity index (χ1n) is 5.53. The Morgan fingerprint density at radius 3 is 2.88 bits per heavy atom. The molecule has 0 bridgehead atoms.